The first-order valence-electron chi connectivity index (χ1n) is 10.0. The standard InChI is InChI=1S/C22H27N3O5S/c1-13(2)20-23-21-18(11-16(22(26)27)12-25(21)24-20)19-14(3)9-17(10-15(19)4)30-7-6-8-31(5,28)29/h9-13H,6-8H2,1-5H3,(H,26,27). The van der Waals surface area contributed by atoms with Crippen LogP contribution in [0, 0.1) is 13.8 Å². The number of aromatic nitrogens is 3. The Kier molecular flexibility index (Phi) is 6.35. The molecular formula is C22H27N3O5S. The highest BCUT2D eigenvalue weighted by atomic mass is 32.2. The van der Waals surface area contributed by atoms with Crippen molar-refractivity contribution in [3.05, 3.63) is 46.9 Å². The number of rotatable bonds is 8. The molecule has 0 aliphatic carbocycles. The van der Waals surface area contributed by atoms with Crippen molar-refractivity contribution in [2.45, 2.75) is 40.0 Å². The number of carboxylic acids is 1. The van der Waals surface area contributed by atoms with Gasteiger partial charge in [-0.2, -0.15) is 5.10 Å². The van der Waals surface area contributed by atoms with Gasteiger partial charge in [-0.1, -0.05) is 13.8 Å². The lowest BCUT2D eigenvalue weighted by atomic mass is 9.95. The Morgan fingerprint density at radius 2 is 1.84 bits per heavy atom. The predicted molar refractivity (Wildman–Crippen MR) is 119 cm³/mol. The molecule has 1 aromatic carbocycles. The molecule has 2 aromatic heterocycles. The van der Waals surface area contributed by atoms with Crippen LogP contribution < -0.4 is 4.74 Å². The number of carbonyl (C=O) groups is 1. The van der Waals surface area contributed by atoms with E-state index in [1.807, 2.05) is 39.8 Å². The van der Waals surface area contributed by atoms with Gasteiger partial charge in [-0.25, -0.2) is 22.7 Å². The fourth-order valence-electron chi connectivity index (χ4n) is 3.49. The van der Waals surface area contributed by atoms with Gasteiger partial charge in [0.05, 0.1) is 17.9 Å². The molecule has 0 fully saturated rings. The van der Waals surface area contributed by atoms with Crippen LogP contribution in [-0.4, -0.2) is 52.7 Å². The zero-order valence-corrected chi connectivity index (χ0v) is 19.2. The number of ether oxygens (including phenoxy) is 1. The summed E-state index contributed by atoms with van der Waals surface area (Å²) < 4.78 is 29.8. The SMILES string of the molecule is Cc1cc(OCCCS(C)(=O)=O)cc(C)c1-c1cc(C(=O)O)cn2nc(C(C)C)nc12. The molecule has 0 amide bonds. The number of carboxylic acid groups (broad SMARTS) is 1. The summed E-state index contributed by atoms with van der Waals surface area (Å²) in [5.74, 6) is 0.428. The van der Waals surface area contributed by atoms with Crippen molar-refractivity contribution >= 4 is 21.5 Å². The fourth-order valence-corrected chi connectivity index (χ4v) is 4.13. The molecule has 1 N–H and O–H groups in total. The molecule has 0 aliphatic heterocycles. The van der Waals surface area contributed by atoms with Gasteiger partial charge in [0.1, 0.15) is 15.6 Å². The maximum absolute atomic E-state index is 11.7. The van der Waals surface area contributed by atoms with Crippen molar-refractivity contribution in [2.24, 2.45) is 0 Å². The van der Waals surface area contributed by atoms with Crippen molar-refractivity contribution < 1.29 is 23.1 Å². The van der Waals surface area contributed by atoms with Crippen LogP contribution in [-0.2, 0) is 9.84 Å². The van der Waals surface area contributed by atoms with Gasteiger partial charge < -0.3 is 9.84 Å². The molecular weight excluding hydrogens is 418 g/mol. The number of fused-ring (bicyclic) bond motifs is 1. The van der Waals surface area contributed by atoms with Crippen molar-refractivity contribution in [2.75, 3.05) is 18.6 Å². The third-order valence-electron chi connectivity index (χ3n) is 4.92. The number of hydrogen-bond donors (Lipinski definition) is 1. The molecule has 8 nitrogen and oxygen atoms in total. The van der Waals surface area contributed by atoms with Gasteiger partial charge in [0.15, 0.2) is 11.5 Å². The van der Waals surface area contributed by atoms with E-state index in [9.17, 15) is 18.3 Å². The van der Waals surface area contributed by atoms with Crippen LogP contribution in [0.15, 0.2) is 24.4 Å². The molecule has 0 unspecified atom stereocenters. The van der Waals surface area contributed by atoms with E-state index in [2.05, 4.69) is 10.1 Å². The van der Waals surface area contributed by atoms with E-state index in [0.717, 1.165) is 16.7 Å². The van der Waals surface area contributed by atoms with Crippen molar-refractivity contribution in [3.8, 4) is 16.9 Å². The highest BCUT2D eigenvalue weighted by Gasteiger charge is 2.19. The Bertz CT molecular complexity index is 1220. The summed E-state index contributed by atoms with van der Waals surface area (Å²) >= 11 is 0. The molecule has 3 aromatic rings. The summed E-state index contributed by atoms with van der Waals surface area (Å²) in [5.41, 5.74) is 4.09. The monoisotopic (exact) mass is 445 g/mol. The first kappa shape index (κ1) is 22.7. The zero-order chi connectivity index (χ0) is 22.9. The number of hydrogen-bond acceptors (Lipinski definition) is 6. The summed E-state index contributed by atoms with van der Waals surface area (Å²) in [6.07, 6.45) is 3.10. The number of nitrogens with zero attached hydrogens (tertiary/aromatic N) is 3. The van der Waals surface area contributed by atoms with Crippen LogP contribution in [0.4, 0.5) is 0 Å². The lowest BCUT2D eigenvalue weighted by molar-refractivity contribution is 0.0696. The third-order valence-corrected chi connectivity index (χ3v) is 5.95. The topological polar surface area (TPSA) is 111 Å². The molecule has 0 spiro atoms. The first-order valence-corrected chi connectivity index (χ1v) is 12.1. The van der Waals surface area contributed by atoms with E-state index in [1.54, 1.807) is 6.07 Å². The van der Waals surface area contributed by atoms with Gasteiger partial charge in [0.2, 0.25) is 0 Å². The number of aryl methyl sites for hydroxylation is 2. The molecule has 2 heterocycles. The van der Waals surface area contributed by atoms with E-state index < -0.39 is 15.8 Å². The molecule has 31 heavy (non-hydrogen) atoms. The number of aromatic carboxylic acids is 1. The normalized spacial score (nSPS) is 11.9. The maximum Gasteiger partial charge on any atom is 0.337 e. The molecule has 3 rings (SSSR count). The molecule has 9 heteroatoms. The van der Waals surface area contributed by atoms with Gasteiger partial charge in [-0.05, 0) is 55.2 Å². The second-order valence-electron chi connectivity index (χ2n) is 8.10. The Hall–Kier alpha value is -2.94. The van der Waals surface area contributed by atoms with Crippen molar-refractivity contribution in [1.29, 1.82) is 0 Å². The molecule has 0 bridgehead atoms. The Labute approximate surface area is 181 Å². The van der Waals surface area contributed by atoms with Gasteiger partial charge in [0, 0.05) is 23.9 Å². The lowest BCUT2D eigenvalue weighted by Crippen LogP contribution is -2.08. The summed E-state index contributed by atoms with van der Waals surface area (Å²) in [6.45, 7) is 8.12. The molecule has 0 saturated heterocycles. The van der Waals surface area contributed by atoms with Crippen LogP contribution in [0.5, 0.6) is 5.75 Å². The average molecular weight is 446 g/mol. The minimum Gasteiger partial charge on any atom is -0.494 e. The van der Waals surface area contributed by atoms with E-state index in [1.165, 1.54) is 17.0 Å². The van der Waals surface area contributed by atoms with Crippen LogP contribution in [0.3, 0.4) is 0 Å². The largest absolute Gasteiger partial charge is 0.494 e. The minimum atomic E-state index is -3.02. The Balaban J connectivity index is 2.02. The molecule has 0 saturated carbocycles. The summed E-state index contributed by atoms with van der Waals surface area (Å²) in [4.78, 5) is 16.3. The minimum absolute atomic E-state index is 0.0775. The molecule has 0 radical (unpaired) electrons. The molecule has 0 atom stereocenters. The van der Waals surface area contributed by atoms with Crippen molar-refractivity contribution in [3.63, 3.8) is 0 Å². The fraction of sp³-hybridized carbons (Fsp3) is 0.409. The number of benzene rings is 1. The van der Waals surface area contributed by atoms with Crippen LogP contribution in [0.2, 0.25) is 0 Å². The smallest absolute Gasteiger partial charge is 0.337 e. The molecule has 166 valence electrons. The zero-order valence-electron chi connectivity index (χ0n) is 18.3. The first-order chi connectivity index (χ1) is 14.5. The van der Waals surface area contributed by atoms with Gasteiger partial charge in [0.25, 0.3) is 0 Å². The van der Waals surface area contributed by atoms with E-state index in [4.69, 9.17) is 4.74 Å². The van der Waals surface area contributed by atoms with Crippen LogP contribution in [0.1, 0.15) is 53.5 Å². The lowest BCUT2D eigenvalue weighted by Gasteiger charge is -2.15. The summed E-state index contributed by atoms with van der Waals surface area (Å²) in [5, 5.41) is 14.0. The van der Waals surface area contributed by atoms with E-state index in [-0.39, 0.29) is 17.2 Å². The quantitative estimate of drug-likeness (QED) is 0.527. The number of sulfone groups is 1. The van der Waals surface area contributed by atoms with Gasteiger partial charge in [-0.15, -0.1) is 0 Å². The molecule has 0 aliphatic rings. The highest BCUT2D eigenvalue weighted by Crippen LogP contribution is 2.34. The van der Waals surface area contributed by atoms with Crippen LogP contribution in [0.25, 0.3) is 16.8 Å². The second kappa shape index (κ2) is 8.66. The Morgan fingerprint density at radius 1 is 1.19 bits per heavy atom. The van der Waals surface area contributed by atoms with Gasteiger partial charge >= 0.3 is 5.97 Å². The number of pyridine rings is 1. The van der Waals surface area contributed by atoms with Crippen molar-refractivity contribution in [1.82, 2.24) is 14.6 Å². The average Bonchev–Trinajstić information content (AvgIpc) is 3.08. The van der Waals surface area contributed by atoms with E-state index in [0.29, 0.717) is 35.8 Å². The maximum atomic E-state index is 11.7. The Morgan fingerprint density at radius 3 is 2.39 bits per heavy atom. The van der Waals surface area contributed by atoms with Crippen LogP contribution >= 0.6 is 0 Å². The summed E-state index contributed by atoms with van der Waals surface area (Å²) in [6, 6.07) is 5.36. The van der Waals surface area contributed by atoms with Gasteiger partial charge in [-0.3, -0.25) is 0 Å². The second-order valence-corrected chi connectivity index (χ2v) is 10.4. The predicted octanol–water partition coefficient (Wildman–Crippen LogP) is 3.65. The van der Waals surface area contributed by atoms with E-state index >= 15 is 0 Å². The highest BCUT2D eigenvalue weighted by molar-refractivity contribution is 7.90. The third kappa shape index (κ3) is 5.22. The summed E-state index contributed by atoms with van der Waals surface area (Å²) in [7, 11) is -3.02.